The molecule has 90 valence electrons. The number of hydrogen-bond acceptors (Lipinski definition) is 1. The fraction of sp³-hybridized carbons (Fsp3) is 0.176. The zero-order valence-electron chi connectivity index (χ0n) is 10.3. The zero-order valence-corrected chi connectivity index (χ0v) is 10.3. The van der Waals surface area contributed by atoms with Crippen molar-refractivity contribution in [2.24, 2.45) is 0 Å². The molecular formula is C17H16O. The Kier molecular flexibility index (Phi) is 4.58. The van der Waals surface area contributed by atoms with Crippen LogP contribution in [0.5, 0.6) is 0 Å². The summed E-state index contributed by atoms with van der Waals surface area (Å²) in [5.74, 6) is 2.70. The lowest BCUT2D eigenvalue weighted by molar-refractivity contribution is 0.0785. The summed E-state index contributed by atoms with van der Waals surface area (Å²) >= 11 is 0. The van der Waals surface area contributed by atoms with E-state index in [9.17, 15) is 0 Å². The molecule has 0 saturated carbocycles. The normalized spacial score (nSPS) is 11.7. The van der Waals surface area contributed by atoms with Gasteiger partial charge in [-0.15, -0.1) is 6.42 Å². The molecule has 0 aliphatic rings. The molecule has 0 saturated heterocycles. The topological polar surface area (TPSA) is 9.23 Å². The first kappa shape index (κ1) is 12.4. The number of benzene rings is 2. The van der Waals surface area contributed by atoms with Gasteiger partial charge < -0.3 is 4.74 Å². The summed E-state index contributed by atoms with van der Waals surface area (Å²) in [5.41, 5.74) is 2.35. The monoisotopic (exact) mass is 236 g/mol. The van der Waals surface area contributed by atoms with E-state index in [0.717, 1.165) is 12.0 Å². The summed E-state index contributed by atoms with van der Waals surface area (Å²) in [4.78, 5) is 0. The van der Waals surface area contributed by atoms with Crippen molar-refractivity contribution in [3.63, 3.8) is 0 Å². The van der Waals surface area contributed by atoms with Crippen LogP contribution in [0.1, 0.15) is 11.1 Å². The lowest BCUT2D eigenvalue weighted by Gasteiger charge is -2.12. The lowest BCUT2D eigenvalue weighted by Crippen LogP contribution is -2.13. The van der Waals surface area contributed by atoms with Gasteiger partial charge in [0.05, 0.1) is 6.61 Å². The fourth-order valence-electron chi connectivity index (χ4n) is 1.77. The predicted molar refractivity (Wildman–Crippen MR) is 74.0 cm³/mol. The fourth-order valence-corrected chi connectivity index (χ4v) is 1.77. The third-order valence-electron chi connectivity index (χ3n) is 2.74. The molecule has 18 heavy (non-hydrogen) atoms. The highest BCUT2D eigenvalue weighted by molar-refractivity contribution is 5.18. The van der Waals surface area contributed by atoms with E-state index in [1.54, 1.807) is 0 Å². The Hall–Kier alpha value is -2.04. The summed E-state index contributed by atoms with van der Waals surface area (Å²) in [6.45, 7) is 0.558. The molecule has 2 aromatic rings. The van der Waals surface area contributed by atoms with Crippen LogP contribution in [0.15, 0.2) is 60.7 Å². The Bertz CT molecular complexity index is 496. The Balaban J connectivity index is 1.89. The quantitative estimate of drug-likeness (QED) is 0.722. The molecule has 0 radical (unpaired) electrons. The van der Waals surface area contributed by atoms with Crippen molar-refractivity contribution in [3.05, 3.63) is 71.8 Å². The van der Waals surface area contributed by atoms with E-state index in [1.165, 1.54) is 5.56 Å². The SMILES string of the molecule is C#CC(Cc1ccccc1)OCc1ccccc1. The molecule has 0 fully saturated rings. The minimum Gasteiger partial charge on any atom is -0.361 e. The van der Waals surface area contributed by atoms with Crippen LogP contribution in [0.25, 0.3) is 0 Å². The second-order valence-electron chi connectivity index (χ2n) is 4.14. The van der Waals surface area contributed by atoms with Gasteiger partial charge in [-0.25, -0.2) is 0 Å². The van der Waals surface area contributed by atoms with Crippen LogP contribution < -0.4 is 0 Å². The van der Waals surface area contributed by atoms with Crippen LogP contribution in [-0.2, 0) is 17.8 Å². The van der Waals surface area contributed by atoms with Crippen molar-refractivity contribution < 1.29 is 4.74 Å². The Morgan fingerprint density at radius 2 is 1.44 bits per heavy atom. The lowest BCUT2D eigenvalue weighted by atomic mass is 10.1. The second kappa shape index (κ2) is 6.64. The van der Waals surface area contributed by atoms with Gasteiger partial charge in [-0.3, -0.25) is 0 Å². The van der Waals surface area contributed by atoms with E-state index in [-0.39, 0.29) is 6.10 Å². The molecule has 1 nitrogen and oxygen atoms in total. The highest BCUT2D eigenvalue weighted by atomic mass is 16.5. The largest absolute Gasteiger partial charge is 0.361 e. The van der Waals surface area contributed by atoms with Gasteiger partial charge in [0.1, 0.15) is 6.10 Å². The molecule has 1 atom stereocenters. The molecule has 1 heteroatoms. The van der Waals surface area contributed by atoms with Crippen LogP contribution in [0.4, 0.5) is 0 Å². The molecular weight excluding hydrogens is 220 g/mol. The van der Waals surface area contributed by atoms with Crippen molar-refractivity contribution in [2.75, 3.05) is 0 Å². The summed E-state index contributed by atoms with van der Waals surface area (Å²) in [6, 6.07) is 20.2. The Morgan fingerprint density at radius 1 is 0.889 bits per heavy atom. The molecule has 0 aliphatic heterocycles. The van der Waals surface area contributed by atoms with Gasteiger partial charge in [-0.2, -0.15) is 0 Å². The van der Waals surface area contributed by atoms with Crippen molar-refractivity contribution in [3.8, 4) is 12.3 Å². The first-order valence-corrected chi connectivity index (χ1v) is 6.04. The molecule has 0 amide bonds. The van der Waals surface area contributed by atoms with Gasteiger partial charge >= 0.3 is 0 Å². The van der Waals surface area contributed by atoms with Gasteiger partial charge in [-0.05, 0) is 11.1 Å². The van der Waals surface area contributed by atoms with Crippen LogP contribution in [0.2, 0.25) is 0 Å². The van der Waals surface area contributed by atoms with Gasteiger partial charge in [0, 0.05) is 6.42 Å². The van der Waals surface area contributed by atoms with Crippen LogP contribution in [-0.4, -0.2) is 6.10 Å². The molecule has 0 heterocycles. The number of hydrogen-bond donors (Lipinski definition) is 0. The maximum absolute atomic E-state index is 5.75. The van der Waals surface area contributed by atoms with Crippen LogP contribution in [0, 0.1) is 12.3 Å². The predicted octanol–water partition coefficient (Wildman–Crippen LogP) is 3.45. The first-order chi connectivity index (χ1) is 8.88. The number of ether oxygens (including phenoxy) is 1. The van der Waals surface area contributed by atoms with Crippen molar-refractivity contribution in [2.45, 2.75) is 19.1 Å². The maximum atomic E-state index is 5.75. The van der Waals surface area contributed by atoms with E-state index in [1.807, 2.05) is 48.5 Å². The summed E-state index contributed by atoms with van der Waals surface area (Å²) < 4.78 is 5.75. The smallest absolute Gasteiger partial charge is 0.122 e. The zero-order chi connectivity index (χ0) is 12.6. The van der Waals surface area contributed by atoms with Gasteiger partial charge in [0.25, 0.3) is 0 Å². The standard InChI is InChI=1S/C17H16O/c1-2-17(13-15-9-5-3-6-10-15)18-14-16-11-7-4-8-12-16/h1,3-12,17H,13-14H2. The highest BCUT2D eigenvalue weighted by Crippen LogP contribution is 2.08. The highest BCUT2D eigenvalue weighted by Gasteiger charge is 2.06. The molecule has 0 aliphatic carbocycles. The molecule has 0 bridgehead atoms. The van der Waals surface area contributed by atoms with Gasteiger partial charge in [0.2, 0.25) is 0 Å². The maximum Gasteiger partial charge on any atom is 0.122 e. The van der Waals surface area contributed by atoms with Gasteiger partial charge in [-0.1, -0.05) is 66.6 Å². The third-order valence-corrected chi connectivity index (χ3v) is 2.74. The molecule has 2 aromatic carbocycles. The van der Waals surface area contributed by atoms with Crippen molar-refractivity contribution >= 4 is 0 Å². The first-order valence-electron chi connectivity index (χ1n) is 6.04. The number of rotatable bonds is 5. The van der Waals surface area contributed by atoms with Gasteiger partial charge in [0.15, 0.2) is 0 Å². The minimum atomic E-state index is -0.174. The van der Waals surface area contributed by atoms with E-state index in [4.69, 9.17) is 11.2 Å². The molecule has 0 N–H and O–H groups in total. The molecule has 0 aromatic heterocycles. The molecule has 2 rings (SSSR count). The van der Waals surface area contributed by atoms with E-state index >= 15 is 0 Å². The second-order valence-corrected chi connectivity index (χ2v) is 4.14. The minimum absolute atomic E-state index is 0.174. The summed E-state index contributed by atoms with van der Waals surface area (Å²) in [7, 11) is 0. The Morgan fingerprint density at radius 3 is 2.00 bits per heavy atom. The van der Waals surface area contributed by atoms with Crippen molar-refractivity contribution in [1.82, 2.24) is 0 Å². The van der Waals surface area contributed by atoms with Crippen molar-refractivity contribution in [1.29, 1.82) is 0 Å². The Labute approximate surface area is 108 Å². The molecule has 0 spiro atoms. The summed E-state index contributed by atoms with van der Waals surface area (Å²) in [5, 5.41) is 0. The third kappa shape index (κ3) is 3.76. The van der Waals surface area contributed by atoms with E-state index < -0.39 is 0 Å². The van der Waals surface area contributed by atoms with Crippen LogP contribution >= 0.6 is 0 Å². The van der Waals surface area contributed by atoms with Crippen LogP contribution in [0.3, 0.4) is 0 Å². The van der Waals surface area contributed by atoms with E-state index in [2.05, 4.69) is 18.1 Å². The molecule has 1 unspecified atom stereocenters. The summed E-state index contributed by atoms with van der Waals surface area (Å²) in [6.07, 6.45) is 6.09. The average molecular weight is 236 g/mol. The number of terminal acetylenes is 1. The average Bonchev–Trinajstić information content (AvgIpc) is 2.45. The van der Waals surface area contributed by atoms with E-state index in [0.29, 0.717) is 6.61 Å².